The van der Waals surface area contributed by atoms with E-state index in [4.69, 9.17) is 9.83 Å². The van der Waals surface area contributed by atoms with Crippen molar-refractivity contribution >= 4 is 56.9 Å². The van der Waals surface area contributed by atoms with Crippen LogP contribution in [-0.2, 0) is 41.3 Å². The molecule has 0 aromatic carbocycles. The van der Waals surface area contributed by atoms with Crippen molar-refractivity contribution in [1.29, 1.82) is 0 Å². The lowest BCUT2D eigenvalue weighted by Gasteiger charge is -2.25. The zero-order valence-electron chi connectivity index (χ0n) is 28.5. The van der Waals surface area contributed by atoms with E-state index in [9.17, 15) is 27.4 Å². The number of allylic oxidation sites excluding steroid dienone is 6. The Kier molecular flexibility index (Phi) is 11.9. The molecule has 0 N–H and O–H groups in total. The Balaban J connectivity index is 1.39. The third-order valence-electron chi connectivity index (χ3n) is 8.93. The van der Waals surface area contributed by atoms with Crippen LogP contribution in [0.2, 0.25) is 0 Å². The number of hydrogen-bond acceptors (Lipinski definition) is 11. The second kappa shape index (κ2) is 15.3. The number of aryl methyl sites for hydroxylation is 1. The second-order valence-electron chi connectivity index (χ2n) is 13.1. The van der Waals surface area contributed by atoms with Gasteiger partial charge < -0.3 is 9.39 Å². The van der Waals surface area contributed by atoms with Crippen LogP contribution in [0.4, 0.5) is 5.82 Å². The smallest absolute Gasteiger partial charge is 0.333 e. The van der Waals surface area contributed by atoms with Crippen molar-refractivity contribution in [3.05, 3.63) is 53.9 Å². The van der Waals surface area contributed by atoms with Gasteiger partial charge >= 0.3 is 11.8 Å². The van der Waals surface area contributed by atoms with Gasteiger partial charge in [-0.1, -0.05) is 18.2 Å². The van der Waals surface area contributed by atoms with E-state index in [1.165, 1.54) is 0 Å². The van der Waals surface area contributed by atoms with Gasteiger partial charge in [0.2, 0.25) is 0 Å². The number of aromatic nitrogens is 1. The topological polar surface area (TPSA) is 153 Å². The van der Waals surface area contributed by atoms with Gasteiger partial charge in [-0.2, -0.15) is 5.10 Å². The largest absolute Gasteiger partial charge is 0.748 e. The molecule has 0 atom stereocenters. The quantitative estimate of drug-likeness (QED) is 0.0623. The standard InChI is InChI=1S/C34H45N5O7S2/c1-24-33(2,3)28(38(36-24)20-13-21-48(43,44)45)15-10-7-9-14-27-34(4,5)26-22-25(47-6)23-37(32(26)35-27)19-12-8-11-16-31(42)46-39-29(40)17-18-30(39)41/h7,9-10,14-15,22-23H,8,11-13,16-21H2,1-6H3. The van der Waals surface area contributed by atoms with Gasteiger partial charge in [-0.3, -0.25) is 14.6 Å². The Bertz CT molecular complexity index is 1690. The number of hydrazone groups is 1. The predicted molar refractivity (Wildman–Crippen MR) is 183 cm³/mol. The van der Waals surface area contributed by atoms with E-state index in [1.807, 2.05) is 43.6 Å². The van der Waals surface area contributed by atoms with Gasteiger partial charge in [0.15, 0.2) is 5.71 Å². The maximum atomic E-state index is 12.1. The van der Waals surface area contributed by atoms with Crippen LogP contribution in [-0.4, -0.2) is 70.8 Å². The first-order chi connectivity index (χ1) is 22.5. The van der Waals surface area contributed by atoms with Crippen LogP contribution in [0.5, 0.6) is 0 Å². The number of carbonyl (C=O) groups excluding carboxylic acids is 3. The van der Waals surface area contributed by atoms with Crippen molar-refractivity contribution in [1.82, 2.24) is 10.1 Å². The minimum absolute atomic E-state index is 0.0751. The van der Waals surface area contributed by atoms with E-state index in [0.717, 1.165) is 46.2 Å². The van der Waals surface area contributed by atoms with Crippen LogP contribution < -0.4 is 4.57 Å². The van der Waals surface area contributed by atoms with Crippen molar-refractivity contribution in [2.24, 2.45) is 15.5 Å². The number of pyridine rings is 1. The van der Waals surface area contributed by atoms with Crippen LogP contribution in [0.15, 0.2) is 63.3 Å². The highest BCUT2D eigenvalue weighted by Gasteiger charge is 2.42. The Morgan fingerprint density at radius 2 is 1.77 bits per heavy atom. The highest BCUT2D eigenvalue weighted by molar-refractivity contribution is 7.98. The minimum atomic E-state index is -4.28. The van der Waals surface area contributed by atoms with E-state index >= 15 is 0 Å². The number of nitrogens with zero attached hydrogens (tertiary/aromatic N) is 5. The predicted octanol–water partition coefficient (Wildman–Crippen LogP) is 4.88. The number of unbranched alkanes of at least 4 members (excludes halogenated alkanes) is 2. The maximum Gasteiger partial charge on any atom is 0.333 e. The summed E-state index contributed by atoms with van der Waals surface area (Å²) in [7, 11) is -4.28. The van der Waals surface area contributed by atoms with Crippen molar-refractivity contribution in [2.45, 2.75) is 96.4 Å². The lowest BCUT2D eigenvalue weighted by Crippen LogP contribution is -2.35. The summed E-state index contributed by atoms with van der Waals surface area (Å²) in [5.74, 6) is -1.05. The monoisotopic (exact) mass is 699 g/mol. The number of thioether (sulfide) groups is 1. The van der Waals surface area contributed by atoms with Gasteiger partial charge in [0.25, 0.3) is 11.8 Å². The van der Waals surface area contributed by atoms with Crippen molar-refractivity contribution in [3.8, 4) is 0 Å². The molecule has 1 aromatic heterocycles. The molecule has 3 aliphatic heterocycles. The molecule has 1 aromatic rings. The molecule has 1 saturated heterocycles. The molecule has 0 unspecified atom stereocenters. The molecule has 12 nitrogen and oxygen atoms in total. The van der Waals surface area contributed by atoms with Gasteiger partial charge in [0.05, 0.1) is 27.6 Å². The number of imide groups is 1. The first kappa shape index (κ1) is 37.2. The molecule has 0 bridgehead atoms. The van der Waals surface area contributed by atoms with E-state index in [-0.39, 0.29) is 36.5 Å². The number of hydroxylamine groups is 2. The number of hydrogen-bond donors (Lipinski definition) is 0. The zero-order valence-corrected chi connectivity index (χ0v) is 30.2. The third-order valence-corrected chi connectivity index (χ3v) is 10.4. The highest BCUT2D eigenvalue weighted by atomic mass is 32.2. The molecule has 0 spiro atoms. The summed E-state index contributed by atoms with van der Waals surface area (Å²) in [5, 5.41) is 6.97. The SMILES string of the molecule is CSc1cc2c([n+](CCCCCC(=O)ON3C(=O)CCC3=O)c1)N=C(/C=C/C=C/C=C1/N(CCCS(=O)(=O)[O-])N=C(C)C1(C)C)C2(C)C. The van der Waals surface area contributed by atoms with E-state index in [2.05, 4.69) is 49.6 Å². The molecule has 48 heavy (non-hydrogen) atoms. The van der Waals surface area contributed by atoms with E-state index < -0.39 is 33.7 Å². The Morgan fingerprint density at radius 3 is 2.44 bits per heavy atom. The molecule has 260 valence electrons. The Morgan fingerprint density at radius 1 is 1.06 bits per heavy atom. The van der Waals surface area contributed by atoms with Gasteiger partial charge in [-0.15, -0.1) is 16.8 Å². The van der Waals surface area contributed by atoms with Crippen molar-refractivity contribution in [3.63, 3.8) is 0 Å². The van der Waals surface area contributed by atoms with E-state index in [1.54, 1.807) is 16.8 Å². The molecule has 3 aliphatic rings. The van der Waals surface area contributed by atoms with Crippen LogP contribution in [0.3, 0.4) is 0 Å². The summed E-state index contributed by atoms with van der Waals surface area (Å²) >= 11 is 1.67. The molecule has 1 fully saturated rings. The van der Waals surface area contributed by atoms with E-state index in [0.29, 0.717) is 24.6 Å². The lowest BCUT2D eigenvalue weighted by atomic mass is 9.82. The van der Waals surface area contributed by atoms with Gasteiger partial charge in [0, 0.05) is 53.3 Å². The van der Waals surface area contributed by atoms with Crippen LogP contribution in [0.1, 0.15) is 85.1 Å². The fraction of sp³-hybridized carbons (Fsp3) is 0.529. The second-order valence-corrected chi connectivity index (χ2v) is 15.5. The number of carbonyl (C=O) groups is 3. The van der Waals surface area contributed by atoms with Crippen molar-refractivity contribution in [2.75, 3.05) is 18.6 Å². The highest BCUT2D eigenvalue weighted by Crippen LogP contribution is 2.40. The molecule has 4 rings (SSSR count). The van der Waals surface area contributed by atoms with Crippen LogP contribution >= 0.6 is 11.8 Å². The molecule has 2 amide bonds. The molecule has 0 radical (unpaired) electrons. The number of amides is 2. The number of aliphatic imine (C=N–C) groups is 1. The number of fused-ring (bicyclic) bond motifs is 1. The van der Waals surface area contributed by atoms with Crippen LogP contribution in [0, 0.1) is 5.41 Å². The average molecular weight is 700 g/mol. The summed E-state index contributed by atoms with van der Waals surface area (Å²) in [6.07, 6.45) is 16.6. The van der Waals surface area contributed by atoms with Crippen LogP contribution in [0.25, 0.3) is 0 Å². The van der Waals surface area contributed by atoms with Crippen molar-refractivity contribution < 1.29 is 36.8 Å². The molecule has 4 heterocycles. The maximum absolute atomic E-state index is 12.1. The fourth-order valence-electron chi connectivity index (χ4n) is 5.73. The molecule has 0 saturated carbocycles. The lowest BCUT2D eigenvalue weighted by molar-refractivity contribution is -0.686. The summed E-state index contributed by atoms with van der Waals surface area (Å²) < 4.78 is 35.4. The zero-order chi connectivity index (χ0) is 35.3. The summed E-state index contributed by atoms with van der Waals surface area (Å²) in [6.45, 7) is 11.4. The average Bonchev–Trinajstić information content (AvgIpc) is 3.54. The molecular weight excluding hydrogens is 655 g/mol. The third kappa shape index (κ3) is 8.88. The number of rotatable bonds is 15. The van der Waals surface area contributed by atoms with Gasteiger partial charge in [-0.25, -0.2) is 17.8 Å². The molecule has 14 heteroatoms. The minimum Gasteiger partial charge on any atom is -0.748 e. The molecular formula is C34H45N5O7S2. The van der Waals surface area contributed by atoms with Gasteiger partial charge in [-0.05, 0) is 89.8 Å². The first-order valence-corrected chi connectivity index (χ1v) is 18.9. The Labute approximate surface area is 287 Å². The van der Waals surface area contributed by atoms with Gasteiger partial charge in [0.1, 0.15) is 6.20 Å². The fourth-order valence-corrected chi connectivity index (χ4v) is 6.68. The summed E-state index contributed by atoms with van der Waals surface area (Å²) in [5.41, 5.74) is 3.26. The first-order valence-electron chi connectivity index (χ1n) is 16.1. The normalized spacial score (nSPS) is 19.6. The Hall–Kier alpha value is -3.62. The summed E-state index contributed by atoms with van der Waals surface area (Å²) in [6, 6.07) is 2.19. The molecule has 0 aliphatic carbocycles. The summed E-state index contributed by atoms with van der Waals surface area (Å²) in [4.78, 5) is 46.6.